The Labute approximate surface area is 203 Å². The van der Waals surface area contributed by atoms with Crippen LogP contribution in [0.4, 0.5) is 5.95 Å². The van der Waals surface area contributed by atoms with Crippen molar-refractivity contribution in [3.8, 4) is 0 Å². The predicted molar refractivity (Wildman–Crippen MR) is 137 cm³/mol. The standard InChI is InChI=1S/C25H32N8O2/c1-4-5-14-32-21-22(29-24(32)31-13-8-11-26-12-15-31)30(3)25(35)33(23(21)34)16-20-27-17(2)18-9-6-7-10-19(18)28-20/h6-7,9-10,26H,4-5,8,11-16H2,1-3H3. The van der Waals surface area contributed by atoms with Gasteiger partial charge in [-0.2, -0.15) is 4.98 Å². The van der Waals surface area contributed by atoms with Gasteiger partial charge in [0.25, 0.3) is 5.56 Å². The molecule has 184 valence electrons. The molecule has 10 nitrogen and oxygen atoms in total. The molecule has 4 aromatic rings. The lowest BCUT2D eigenvalue weighted by Gasteiger charge is -2.22. The van der Waals surface area contributed by atoms with Crippen molar-refractivity contribution < 1.29 is 0 Å². The van der Waals surface area contributed by atoms with Crippen LogP contribution in [0.15, 0.2) is 33.9 Å². The number of unbranched alkanes of at least 4 members (excludes halogenated alkanes) is 1. The molecule has 0 atom stereocenters. The molecule has 5 rings (SSSR count). The topological polar surface area (TPSA) is 103 Å². The lowest BCUT2D eigenvalue weighted by molar-refractivity contribution is 0.612. The van der Waals surface area contributed by atoms with Crippen molar-refractivity contribution in [2.45, 2.75) is 46.2 Å². The van der Waals surface area contributed by atoms with Crippen LogP contribution in [0.5, 0.6) is 0 Å². The van der Waals surface area contributed by atoms with Crippen LogP contribution in [0.1, 0.15) is 37.7 Å². The summed E-state index contributed by atoms with van der Waals surface area (Å²) in [6.07, 6.45) is 2.91. The Morgan fingerprint density at radius 3 is 2.69 bits per heavy atom. The maximum Gasteiger partial charge on any atom is 0.332 e. The molecule has 0 bridgehead atoms. The Balaban J connectivity index is 1.67. The molecule has 0 radical (unpaired) electrons. The summed E-state index contributed by atoms with van der Waals surface area (Å²) in [5, 5.41) is 4.37. The first-order valence-corrected chi connectivity index (χ1v) is 12.4. The van der Waals surface area contributed by atoms with Gasteiger partial charge in [-0.25, -0.2) is 14.8 Å². The Hall–Kier alpha value is -3.53. The second kappa shape index (κ2) is 9.61. The van der Waals surface area contributed by atoms with E-state index in [4.69, 9.17) is 4.98 Å². The molecule has 1 aromatic carbocycles. The number of benzene rings is 1. The minimum Gasteiger partial charge on any atom is -0.341 e. The lowest BCUT2D eigenvalue weighted by Crippen LogP contribution is -2.40. The molecule has 0 spiro atoms. The van der Waals surface area contributed by atoms with Crippen molar-refractivity contribution in [2.75, 3.05) is 31.1 Å². The van der Waals surface area contributed by atoms with Gasteiger partial charge in [0.1, 0.15) is 5.82 Å². The molecule has 0 unspecified atom stereocenters. The third kappa shape index (κ3) is 4.22. The highest BCUT2D eigenvalue weighted by molar-refractivity contribution is 5.80. The van der Waals surface area contributed by atoms with E-state index in [0.29, 0.717) is 23.5 Å². The number of nitrogens with zero attached hydrogens (tertiary/aromatic N) is 7. The number of rotatable bonds is 6. The smallest absolute Gasteiger partial charge is 0.332 e. The summed E-state index contributed by atoms with van der Waals surface area (Å²) in [4.78, 5) is 43.4. The largest absolute Gasteiger partial charge is 0.341 e. The first kappa shape index (κ1) is 23.2. The molecule has 1 aliphatic rings. The highest BCUT2D eigenvalue weighted by atomic mass is 16.2. The quantitative estimate of drug-likeness (QED) is 0.453. The van der Waals surface area contributed by atoms with Gasteiger partial charge in [-0.3, -0.25) is 13.9 Å². The van der Waals surface area contributed by atoms with E-state index in [2.05, 4.69) is 27.1 Å². The first-order valence-electron chi connectivity index (χ1n) is 12.4. The molecule has 0 aliphatic carbocycles. The molecule has 1 fully saturated rings. The highest BCUT2D eigenvalue weighted by Crippen LogP contribution is 2.21. The van der Waals surface area contributed by atoms with E-state index in [1.165, 1.54) is 9.13 Å². The number of aromatic nitrogens is 6. The molecule has 1 N–H and O–H groups in total. The zero-order chi connectivity index (χ0) is 24.5. The Morgan fingerprint density at radius 2 is 1.86 bits per heavy atom. The van der Waals surface area contributed by atoms with E-state index in [9.17, 15) is 9.59 Å². The average molecular weight is 477 g/mol. The minimum absolute atomic E-state index is 0.00897. The molecule has 35 heavy (non-hydrogen) atoms. The van der Waals surface area contributed by atoms with Gasteiger partial charge in [0.15, 0.2) is 11.2 Å². The van der Waals surface area contributed by atoms with Crippen LogP contribution in [-0.2, 0) is 20.1 Å². The second-order valence-electron chi connectivity index (χ2n) is 9.16. The third-order valence-corrected chi connectivity index (χ3v) is 6.71. The molecule has 3 aromatic heterocycles. The Kier molecular flexibility index (Phi) is 6.38. The number of nitrogens with one attached hydrogen (secondary N) is 1. The minimum atomic E-state index is -0.416. The van der Waals surface area contributed by atoms with E-state index in [-0.39, 0.29) is 12.1 Å². The van der Waals surface area contributed by atoms with Gasteiger partial charge in [0.2, 0.25) is 5.95 Å². The van der Waals surface area contributed by atoms with Gasteiger partial charge >= 0.3 is 5.69 Å². The molecular formula is C25H32N8O2. The molecule has 0 amide bonds. The summed E-state index contributed by atoms with van der Waals surface area (Å²) in [7, 11) is 1.68. The van der Waals surface area contributed by atoms with Gasteiger partial charge in [0, 0.05) is 44.3 Å². The molecule has 0 saturated carbocycles. The highest BCUT2D eigenvalue weighted by Gasteiger charge is 2.24. The third-order valence-electron chi connectivity index (χ3n) is 6.71. The van der Waals surface area contributed by atoms with Gasteiger partial charge < -0.3 is 14.8 Å². The Morgan fingerprint density at radius 1 is 1.03 bits per heavy atom. The van der Waals surface area contributed by atoms with E-state index < -0.39 is 5.69 Å². The molecule has 10 heteroatoms. The van der Waals surface area contributed by atoms with Crippen molar-refractivity contribution in [1.29, 1.82) is 0 Å². The van der Waals surface area contributed by atoms with E-state index in [0.717, 1.165) is 68.0 Å². The van der Waals surface area contributed by atoms with E-state index >= 15 is 0 Å². The van der Waals surface area contributed by atoms with Gasteiger partial charge in [-0.1, -0.05) is 31.5 Å². The van der Waals surface area contributed by atoms with Crippen LogP contribution in [0.3, 0.4) is 0 Å². The van der Waals surface area contributed by atoms with E-state index in [1.807, 2.05) is 35.8 Å². The molecule has 1 saturated heterocycles. The number of hydrogen-bond donors (Lipinski definition) is 1. The van der Waals surface area contributed by atoms with Crippen molar-refractivity contribution in [2.24, 2.45) is 7.05 Å². The van der Waals surface area contributed by atoms with Crippen molar-refractivity contribution in [3.05, 3.63) is 56.6 Å². The van der Waals surface area contributed by atoms with Gasteiger partial charge in [-0.15, -0.1) is 0 Å². The van der Waals surface area contributed by atoms with Crippen LogP contribution in [0, 0.1) is 6.92 Å². The monoisotopic (exact) mass is 476 g/mol. The fourth-order valence-electron chi connectivity index (χ4n) is 4.82. The summed E-state index contributed by atoms with van der Waals surface area (Å²) >= 11 is 0. The number of imidazole rings is 1. The molecular weight excluding hydrogens is 444 g/mol. The van der Waals surface area contributed by atoms with Gasteiger partial charge in [-0.05, 0) is 32.4 Å². The lowest BCUT2D eigenvalue weighted by atomic mass is 10.2. The van der Waals surface area contributed by atoms with E-state index in [1.54, 1.807) is 7.05 Å². The van der Waals surface area contributed by atoms with Crippen LogP contribution >= 0.6 is 0 Å². The number of fused-ring (bicyclic) bond motifs is 2. The van der Waals surface area contributed by atoms with Crippen molar-refractivity contribution in [1.82, 2.24) is 34.0 Å². The summed E-state index contributed by atoms with van der Waals surface area (Å²) in [6, 6.07) is 7.75. The normalized spacial score (nSPS) is 14.7. The number of para-hydroxylation sites is 1. The Bertz CT molecular complexity index is 1490. The SMILES string of the molecule is CCCCn1c(N2CCCNCC2)nc2c1c(=O)n(Cc1nc(C)c3ccccc3n1)c(=O)n2C. The van der Waals surface area contributed by atoms with Gasteiger partial charge in [0.05, 0.1) is 12.1 Å². The zero-order valence-electron chi connectivity index (χ0n) is 20.6. The second-order valence-corrected chi connectivity index (χ2v) is 9.16. The summed E-state index contributed by atoms with van der Waals surface area (Å²) in [5.41, 5.74) is 1.74. The fraction of sp³-hybridized carbons (Fsp3) is 0.480. The summed E-state index contributed by atoms with van der Waals surface area (Å²) in [6.45, 7) is 8.21. The summed E-state index contributed by atoms with van der Waals surface area (Å²) in [5.74, 6) is 1.21. The van der Waals surface area contributed by atoms with Crippen molar-refractivity contribution >= 4 is 28.0 Å². The number of aryl methyl sites for hydroxylation is 3. The van der Waals surface area contributed by atoms with Crippen LogP contribution in [0.25, 0.3) is 22.1 Å². The molecule has 1 aliphatic heterocycles. The average Bonchev–Trinajstić information content (AvgIpc) is 3.03. The molecule has 4 heterocycles. The van der Waals surface area contributed by atoms with Crippen LogP contribution < -0.4 is 21.5 Å². The first-order chi connectivity index (χ1) is 17.0. The predicted octanol–water partition coefficient (Wildman–Crippen LogP) is 1.80. The number of anilines is 1. The maximum atomic E-state index is 13.8. The zero-order valence-corrected chi connectivity index (χ0v) is 20.6. The maximum absolute atomic E-state index is 13.8. The van der Waals surface area contributed by atoms with Crippen LogP contribution in [-0.4, -0.2) is 54.8 Å². The van der Waals surface area contributed by atoms with Crippen molar-refractivity contribution in [3.63, 3.8) is 0 Å². The van der Waals surface area contributed by atoms with Crippen LogP contribution in [0.2, 0.25) is 0 Å². The fourth-order valence-corrected chi connectivity index (χ4v) is 4.82. The number of hydrogen-bond acceptors (Lipinski definition) is 7. The summed E-state index contributed by atoms with van der Waals surface area (Å²) < 4.78 is 4.73.